The fourth-order valence-electron chi connectivity index (χ4n) is 3.27. The molecule has 2 nitrogen and oxygen atoms in total. The summed E-state index contributed by atoms with van der Waals surface area (Å²) in [6.45, 7) is 3.33. The van der Waals surface area contributed by atoms with Crippen LogP contribution in [0.15, 0.2) is 53.9 Å². The highest BCUT2D eigenvalue weighted by molar-refractivity contribution is 7.10. The number of nitrogens with one attached hydrogen (secondary N) is 1. The Kier molecular flexibility index (Phi) is 4.06. The number of benzene rings is 2. The summed E-state index contributed by atoms with van der Waals surface area (Å²) in [5.74, 6) is -1.17. The van der Waals surface area contributed by atoms with Crippen molar-refractivity contribution in [2.75, 3.05) is 18.5 Å². The molecule has 0 saturated heterocycles. The lowest BCUT2D eigenvalue weighted by Crippen LogP contribution is -2.26. The van der Waals surface area contributed by atoms with Crippen molar-refractivity contribution in [3.63, 3.8) is 0 Å². The molecule has 0 bridgehead atoms. The van der Waals surface area contributed by atoms with E-state index in [0.717, 1.165) is 27.8 Å². The highest BCUT2D eigenvalue weighted by Crippen LogP contribution is 2.42. The predicted octanol–water partition coefficient (Wildman–Crippen LogP) is 5.40. The van der Waals surface area contributed by atoms with Gasteiger partial charge in [0.25, 0.3) is 0 Å². The zero-order chi connectivity index (χ0) is 17.4. The molecule has 3 aromatic rings. The third kappa shape index (κ3) is 2.94. The van der Waals surface area contributed by atoms with Crippen molar-refractivity contribution < 1.29 is 13.5 Å². The predicted molar refractivity (Wildman–Crippen MR) is 97.0 cm³/mol. The van der Waals surface area contributed by atoms with Gasteiger partial charge in [-0.3, -0.25) is 0 Å². The SMILES string of the molecule is CC1(c2cccs2)OCCNc2ccc(-c3cc(F)cc(F)c3)cc21. The average molecular weight is 357 g/mol. The Labute approximate surface area is 149 Å². The molecule has 2 heterocycles. The summed E-state index contributed by atoms with van der Waals surface area (Å²) in [4.78, 5) is 1.10. The number of ether oxygens (including phenoxy) is 1. The molecule has 1 aliphatic rings. The molecule has 5 heteroatoms. The number of hydrogen-bond acceptors (Lipinski definition) is 3. The largest absolute Gasteiger partial charge is 0.382 e. The second-order valence-electron chi connectivity index (χ2n) is 6.20. The highest BCUT2D eigenvalue weighted by atomic mass is 32.1. The van der Waals surface area contributed by atoms with Crippen LogP contribution in [0.25, 0.3) is 11.1 Å². The Hall–Kier alpha value is -2.24. The molecule has 128 valence electrons. The molecule has 0 amide bonds. The smallest absolute Gasteiger partial charge is 0.126 e. The molecular weight excluding hydrogens is 340 g/mol. The molecule has 0 aliphatic carbocycles. The molecule has 4 rings (SSSR count). The maximum atomic E-state index is 13.6. The van der Waals surface area contributed by atoms with Crippen LogP contribution in [0.5, 0.6) is 0 Å². The standard InChI is InChI=1S/C20H17F2NOS/c1-20(19-3-2-8-25-19)17-11-13(4-5-18(17)23-6-7-24-20)14-9-15(21)12-16(22)10-14/h2-5,8-12,23H,6-7H2,1H3. The minimum absolute atomic E-state index is 0.512. The van der Waals surface area contributed by atoms with E-state index in [1.165, 1.54) is 12.1 Å². The van der Waals surface area contributed by atoms with Crippen LogP contribution in [-0.2, 0) is 10.3 Å². The zero-order valence-corrected chi connectivity index (χ0v) is 14.5. The van der Waals surface area contributed by atoms with Crippen LogP contribution in [0.1, 0.15) is 17.4 Å². The van der Waals surface area contributed by atoms with Gasteiger partial charge in [0.05, 0.1) is 6.61 Å². The van der Waals surface area contributed by atoms with Gasteiger partial charge in [0.1, 0.15) is 17.2 Å². The molecule has 1 unspecified atom stereocenters. The minimum atomic E-state index is -0.602. The van der Waals surface area contributed by atoms with Crippen molar-refractivity contribution in [2.45, 2.75) is 12.5 Å². The summed E-state index contributed by atoms with van der Waals surface area (Å²) in [6.07, 6.45) is 0. The quantitative estimate of drug-likeness (QED) is 0.663. The molecule has 1 atom stereocenters. The number of rotatable bonds is 2. The van der Waals surface area contributed by atoms with Gasteiger partial charge in [0.15, 0.2) is 0 Å². The molecule has 0 saturated carbocycles. The lowest BCUT2D eigenvalue weighted by molar-refractivity contribution is 0.00861. The van der Waals surface area contributed by atoms with Crippen molar-refractivity contribution >= 4 is 17.0 Å². The maximum absolute atomic E-state index is 13.6. The summed E-state index contributed by atoms with van der Waals surface area (Å²) >= 11 is 1.63. The van der Waals surface area contributed by atoms with Crippen molar-refractivity contribution in [3.8, 4) is 11.1 Å². The van der Waals surface area contributed by atoms with E-state index >= 15 is 0 Å². The van der Waals surface area contributed by atoms with Crippen molar-refractivity contribution in [2.24, 2.45) is 0 Å². The minimum Gasteiger partial charge on any atom is -0.382 e. The van der Waals surface area contributed by atoms with E-state index in [1.54, 1.807) is 11.3 Å². The number of thiophene rings is 1. The van der Waals surface area contributed by atoms with Crippen LogP contribution < -0.4 is 5.32 Å². The topological polar surface area (TPSA) is 21.3 Å². The van der Waals surface area contributed by atoms with Gasteiger partial charge in [-0.05, 0) is 53.8 Å². The third-order valence-corrected chi connectivity index (χ3v) is 5.60. The van der Waals surface area contributed by atoms with Crippen LogP contribution >= 0.6 is 11.3 Å². The first-order valence-corrected chi connectivity index (χ1v) is 8.97. The van der Waals surface area contributed by atoms with E-state index in [2.05, 4.69) is 5.32 Å². The second-order valence-corrected chi connectivity index (χ2v) is 7.15. The lowest BCUT2D eigenvalue weighted by Gasteiger charge is -2.29. The number of anilines is 1. The molecule has 0 spiro atoms. The Morgan fingerprint density at radius 3 is 2.56 bits per heavy atom. The first kappa shape index (κ1) is 16.2. The molecule has 0 fully saturated rings. The number of hydrogen-bond donors (Lipinski definition) is 1. The van der Waals surface area contributed by atoms with Gasteiger partial charge in [-0.15, -0.1) is 11.3 Å². The van der Waals surface area contributed by atoms with E-state index in [9.17, 15) is 8.78 Å². The molecule has 1 aliphatic heterocycles. The average Bonchev–Trinajstić information content (AvgIpc) is 3.07. The second kappa shape index (κ2) is 6.24. The summed E-state index contributed by atoms with van der Waals surface area (Å²) in [5.41, 5.74) is 2.61. The van der Waals surface area contributed by atoms with Crippen LogP contribution in [-0.4, -0.2) is 13.2 Å². The fraction of sp³-hybridized carbons (Fsp3) is 0.200. The van der Waals surface area contributed by atoms with Crippen LogP contribution in [0, 0.1) is 11.6 Å². The normalized spacial score (nSPS) is 19.8. The van der Waals surface area contributed by atoms with Gasteiger partial charge in [-0.1, -0.05) is 12.1 Å². The van der Waals surface area contributed by atoms with Gasteiger partial charge in [0, 0.05) is 28.7 Å². The first-order valence-electron chi connectivity index (χ1n) is 8.09. The van der Waals surface area contributed by atoms with Crippen LogP contribution in [0.4, 0.5) is 14.5 Å². The van der Waals surface area contributed by atoms with Gasteiger partial charge in [0.2, 0.25) is 0 Å². The Bertz CT molecular complexity index is 890. The van der Waals surface area contributed by atoms with Crippen molar-refractivity contribution in [1.29, 1.82) is 0 Å². The summed E-state index contributed by atoms with van der Waals surface area (Å²) in [5, 5.41) is 5.40. The number of halogens is 2. The summed E-state index contributed by atoms with van der Waals surface area (Å²) < 4.78 is 33.4. The summed E-state index contributed by atoms with van der Waals surface area (Å²) in [7, 11) is 0. The first-order chi connectivity index (χ1) is 12.1. The molecule has 25 heavy (non-hydrogen) atoms. The maximum Gasteiger partial charge on any atom is 0.126 e. The monoisotopic (exact) mass is 357 g/mol. The number of fused-ring (bicyclic) bond motifs is 1. The van der Waals surface area contributed by atoms with Crippen LogP contribution in [0.3, 0.4) is 0 Å². The van der Waals surface area contributed by atoms with E-state index in [-0.39, 0.29) is 0 Å². The fourth-order valence-corrected chi connectivity index (χ4v) is 4.12. The van der Waals surface area contributed by atoms with Gasteiger partial charge >= 0.3 is 0 Å². The summed E-state index contributed by atoms with van der Waals surface area (Å²) in [6, 6.07) is 13.4. The van der Waals surface area contributed by atoms with E-state index in [1.807, 2.05) is 42.6 Å². The van der Waals surface area contributed by atoms with E-state index < -0.39 is 17.2 Å². The third-order valence-electron chi connectivity index (χ3n) is 4.53. The van der Waals surface area contributed by atoms with Gasteiger partial charge < -0.3 is 10.1 Å². The van der Waals surface area contributed by atoms with Gasteiger partial charge in [-0.25, -0.2) is 8.78 Å². The molecule has 1 N–H and O–H groups in total. The van der Waals surface area contributed by atoms with E-state index in [4.69, 9.17) is 4.74 Å². The lowest BCUT2D eigenvalue weighted by atomic mass is 9.89. The molecule has 0 radical (unpaired) electrons. The molecule has 2 aromatic carbocycles. The van der Waals surface area contributed by atoms with Gasteiger partial charge in [-0.2, -0.15) is 0 Å². The Morgan fingerprint density at radius 1 is 1.04 bits per heavy atom. The van der Waals surface area contributed by atoms with Crippen molar-refractivity contribution in [1.82, 2.24) is 0 Å². The van der Waals surface area contributed by atoms with E-state index in [0.29, 0.717) is 18.7 Å². The molecular formula is C20H17F2NOS. The Morgan fingerprint density at radius 2 is 1.84 bits per heavy atom. The highest BCUT2D eigenvalue weighted by Gasteiger charge is 2.35. The zero-order valence-electron chi connectivity index (χ0n) is 13.7. The molecule has 1 aromatic heterocycles. The Balaban J connectivity index is 1.88. The van der Waals surface area contributed by atoms with Crippen LogP contribution in [0.2, 0.25) is 0 Å². The van der Waals surface area contributed by atoms with Crippen molar-refractivity contribution in [3.05, 3.63) is 76.0 Å².